The van der Waals surface area contributed by atoms with Gasteiger partial charge in [0.25, 0.3) is 0 Å². The minimum atomic E-state index is -0.598. The number of hydrogen-bond acceptors (Lipinski definition) is 4. The van der Waals surface area contributed by atoms with Crippen LogP contribution in [-0.4, -0.2) is 0 Å². The van der Waals surface area contributed by atoms with Crippen molar-refractivity contribution < 1.29 is 4.74 Å². The Kier molecular flexibility index (Phi) is 8.37. The highest BCUT2D eigenvalue weighted by atomic mass is 32.1. The van der Waals surface area contributed by atoms with Gasteiger partial charge in [0.15, 0.2) is 0 Å². The van der Waals surface area contributed by atoms with E-state index in [9.17, 15) is 0 Å². The number of rotatable bonds is 6. The molecule has 0 N–H and O–H groups in total. The zero-order chi connectivity index (χ0) is 44.1. The Hall–Kier alpha value is -8.44. The van der Waals surface area contributed by atoms with Crippen LogP contribution in [0.3, 0.4) is 0 Å². The molecule has 1 spiro atoms. The summed E-state index contributed by atoms with van der Waals surface area (Å²) in [4.78, 5) is 5.00. The molecular formula is C63H40N2OS. The van der Waals surface area contributed by atoms with Gasteiger partial charge in [0, 0.05) is 49.9 Å². The number of hydrogen-bond donors (Lipinski definition) is 0. The summed E-state index contributed by atoms with van der Waals surface area (Å²) < 4.78 is 9.20. The SMILES string of the molecule is c1ccc(N(c2ccccc2)c2c3ccccc3cc3c2sc2c(N(c4ccccc4)c4cccc5c4-c4ccccc4C54c5ccccc5Oc5ccccc54)cc4ccccc4c23)cc1. The molecule has 1 aromatic heterocycles. The molecular weight excluding hydrogens is 833 g/mol. The van der Waals surface area contributed by atoms with Gasteiger partial charge in [-0.2, -0.15) is 0 Å². The zero-order valence-corrected chi connectivity index (χ0v) is 37.1. The first-order valence-corrected chi connectivity index (χ1v) is 23.7. The average Bonchev–Trinajstić information content (AvgIpc) is 3.92. The highest BCUT2D eigenvalue weighted by molar-refractivity contribution is 7.27. The first-order valence-electron chi connectivity index (χ1n) is 22.9. The number of thiophene rings is 1. The second kappa shape index (κ2) is 14.8. The number of anilines is 6. The first-order chi connectivity index (χ1) is 33.3. The maximum absolute atomic E-state index is 6.73. The lowest BCUT2D eigenvalue weighted by molar-refractivity contribution is 0.436. The maximum Gasteiger partial charge on any atom is 0.132 e. The third-order valence-electron chi connectivity index (χ3n) is 14.0. The van der Waals surface area contributed by atoms with Crippen LogP contribution >= 0.6 is 11.3 Å². The highest BCUT2D eigenvalue weighted by Crippen LogP contribution is 2.64. The number of ether oxygens (including phenoxy) is 1. The first kappa shape index (κ1) is 37.9. The van der Waals surface area contributed by atoms with E-state index in [2.05, 4.69) is 252 Å². The largest absolute Gasteiger partial charge is 0.457 e. The van der Waals surface area contributed by atoms with Crippen molar-refractivity contribution in [3.63, 3.8) is 0 Å². The summed E-state index contributed by atoms with van der Waals surface area (Å²) in [5.41, 5.74) is 13.4. The topological polar surface area (TPSA) is 15.7 Å². The Morgan fingerprint density at radius 1 is 0.358 bits per heavy atom. The monoisotopic (exact) mass is 872 g/mol. The van der Waals surface area contributed by atoms with E-state index in [0.29, 0.717) is 0 Å². The van der Waals surface area contributed by atoms with Crippen LogP contribution < -0.4 is 14.5 Å². The summed E-state index contributed by atoms with van der Waals surface area (Å²) in [5, 5.41) is 7.36. The molecule has 0 bridgehead atoms. The van der Waals surface area contributed by atoms with Gasteiger partial charge < -0.3 is 14.5 Å². The highest BCUT2D eigenvalue weighted by Gasteiger charge is 2.52. The predicted octanol–water partition coefficient (Wildman–Crippen LogP) is 17.8. The van der Waals surface area contributed by atoms with Crippen molar-refractivity contribution in [2.45, 2.75) is 5.41 Å². The molecule has 2 aliphatic rings. The number of para-hydroxylation sites is 5. The average molecular weight is 873 g/mol. The lowest BCUT2D eigenvalue weighted by Gasteiger charge is -2.39. The van der Waals surface area contributed by atoms with Crippen molar-refractivity contribution in [2.75, 3.05) is 9.80 Å². The quantitative estimate of drug-likeness (QED) is 0.166. The van der Waals surface area contributed by atoms with Gasteiger partial charge >= 0.3 is 0 Å². The summed E-state index contributed by atoms with van der Waals surface area (Å²) in [6.07, 6.45) is 0. The lowest BCUT2D eigenvalue weighted by atomic mass is 9.66. The van der Waals surface area contributed by atoms with Crippen LogP contribution in [0.1, 0.15) is 22.3 Å². The van der Waals surface area contributed by atoms with Crippen LogP contribution in [0.4, 0.5) is 34.1 Å². The fourth-order valence-corrected chi connectivity index (χ4v) is 12.7. The molecule has 0 saturated carbocycles. The number of fused-ring (bicyclic) bond motifs is 15. The molecule has 314 valence electrons. The normalized spacial score (nSPS) is 13.0. The third-order valence-corrected chi connectivity index (χ3v) is 15.3. The van der Waals surface area contributed by atoms with Crippen molar-refractivity contribution >= 4 is 87.2 Å². The van der Waals surface area contributed by atoms with Gasteiger partial charge in [-0.1, -0.05) is 176 Å². The van der Waals surface area contributed by atoms with Crippen LogP contribution in [0, 0.1) is 0 Å². The van der Waals surface area contributed by atoms with Crippen molar-refractivity contribution in [1.29, 1.82) is 0 Å². The smallest absolute Gasteiger partial charge is 0.132 e. The van der Waals surface area contributed by atoms with Gasteiger partial charge in [0.05, 0.1) is 31.9 Å². The molecule has 3 nitrogen and oxygen atoms in total. The van der Waals surface area contributed by atoms with Crippen molar-refractivity contribution in [2.24, 2.45) is 0 Å². The Morgan fingerprint density at radius 2 is 0.866 bits per heavy atom. The molecule has 0 amide bonds. The molecule has 0 saturated heterocycles. The molecule has 1 aliphatic heterocycles. The van der Waals surface area contributed by atoms with Gasteiger partial charge in [-0.15, -0.1) is 11.3 Å². The summed E-state index contributed by atoms with van der Waals surface area (Å²) in [7, 11) is 0. The summed E-state index contributed by atoms with van der Waals surface area (Å²) in [6, 6.07) is 88.6. The number of nitrogens with zero attached hydrogens (tertiary/aromatic N) is 2. The molecule has 0 radical (unpaired) electrons. The standard InChI is InChI=1S/C63H40N2OS/c1-4-23-43(24-5-1)64(44-25-6-2-7-26-44)60-47-30-13-11-21-41(47)39-49-58-46-29-12-10-22-42(46)40-55(62(58)67-61(49)60)65(45-27-8-3-9-28-45)54-36-20-35-53-59(54)48-31-14-15-32-50(48)63(53)51-33-16-18-37-56(51)66-57-38-19-17-34-52(57)63/h1-40H. The van der Waals surface area contributed by atoms with Crippen molar-refractivity contribution in [3.05, 3.63) is 265 Å². The summed E-state index contributed by atoms with van der Waals surface area (Å²) in [5.74, 6) is 1.78. The predicted molar refractivity (Wildman–Crippen MR) is 281 cm³/mol. The number of benzene rings is 11. The van der Waals surface area contributed by atoms with E-state index >= 15 is 0 Å². The molecule has 14 rings (SSSR count). The fourth-order valence-electron chi connectivity index (χ4n) is 11.4. The van der Waals surface area contributed by atoms with Crippen molar-refractivity contribution in [3.8, 4) is 22.6 Å². The van der Waals surface area contributed by atoms with E-state index in [0.717, 1.165) is 51.1 Å². The molecule has 0 atom stereocenters. The molecule has 2 heterocycles. The zero-order valence-electron chi connectivity index (χ0n) is 36.3. The van der Waals surface area contributed by atoms with E-state index in [1.807, 2.05) is 11.3 Å². The molecule has 4 heteroatoms. The summed E-state index contributed by atoms with van der Waals surface area (Å²) >= 11 is 1.90. The van der Waals surface area contributed by atoms with Crippen LogP contribution in [0.25, 0.3) is 52.8 Å². The Labute approximate surface area is 392 Å². The third kappa shape index (κ3) is 5.45. The summed E-state index contributed by atoms with van der Waals surface area (Å²) in [6.45, 7) is 0. The Morgan fingerprint density at radius 3 is 1.52 bits per heavy atom. The maximum atomic E-state index is 6.73. The van der Waals surface area contributed by atoms with Crippen molar-refractivity contribution in [1.82, 2.24) is 0 Å². The Bertz CT molecular complexity index is 3830. The Balaban J connectivity index is 1.12. The molecule has 67 heavy (non-hydrogen) atoms. The molecule has 0 fully saturated rings. The second-order valence-electron chi connectivity index (χ2n) is 17.5. The fraction of sp³-hybridized carbons (Fsp3) is 0.0159. The van der Waals surface area contributed by atoms with Crippen LogP contribution in [0.2, 0.25) is 0 Å². The van der Waals surface area contributed by atoms with Gasteiger partial charge in [0.1, 0.15) is 11.5 Å². The lowest BCUT2D eigenvalue weighted by Crippen LogP contribution is -2.32. The molecule has 12 aromatic rings. The van der Waals surface area contributed by atoms with Crippen LogP contribution in [-0.2, 0) is 5.41 Å². The van der Waals surface area contributed by atoms with Crippen LogP contribution in [0.5, 0.6) is 11.5 Å². The van der Waals surface area contributed by atoms with E-state index in [1.165, 1.54) is 69.7 Å². The van der Waals surface area contributed by atoms with Gasteiger partial charge in [-0.05, 0) is 99.6 Å². The van der Waals surface area contributed by atoms with E-state index < -0.39 is 5.41 Å². The molecule has 11 aromatic carbocycles. The minimum Gasteiger partial charge on any atom is -0.457 e. The second-order valence-corrected chi connectivity index (χ2v) is 18.5. The van der Waals surface area contributed by atoms with Gasteiger partial charge in [-0.3, -0.25) is 0 Å². The van der Waals surface area contributed by atoms with E-state index in [4.69, 9.17) is 4.74 Å². The van der Waals surface area contributed by atoms with E-state index in [-0.39, 0.29) is 0 Å². The van der Waals surface area contributed by atoms with Gasteiger partial charge in [0.2, 0.25) is 0 Å². The van der Waals surface area contributed by atoms with E-state index in [1.54, 1.807) is 0 Å². The van der Waals surface area contributed by atoms with Gasteiger partial charge in [-0.25, -0.2) is 0 Å². The van der Waals surface area contributed by atoms with Crippen LogP contribution in [0.15, 0.2) is 243 Å². The minimum absolute atomic E-state index is 0.598. The molecule has 0 unspecified atom stereocenters. The molecule has 1 aliphatic carbocycles.